The van der Waals surface area contributed by atoms with Crippen molar-refractivity contribution >= 4 is 17.5 Å². The van der Waals surface area contributed by atoms with Crippen LogP contribution in [0.25, 0.3) is 0 Å². The van der Waals surface area contributed by atoms with E-state index in [1.165, 1.54) is 5.56 Å². The van der Waals surface area contributed by atoms with Gasteiger partial charge in [0.25, 0.3) is 11.8 Å². The van der Waals surface area contributed by atoms with E-state index in [2.05, 4.69) is 41.3 Å². The molecule has 9 nitrogen and oxygen atoms in total. The smallest absolute Gasteiger partial charge is 0.258 e. The van der Waals surface area contributed by atoms with E-state index in [9.17, 15) is 14.7 Å². The molecule has 44 heavy (non-hydrogen) atoms. The molecule has 1 aromatic heterocycles. The summed E-state index contributed by atoms with van der Waals surface area (Å²) < 4.78 is 12.8. The lowest BCUT2D eigenvalue weighted by Gasteiger charge is -2.36. The number of fused-ring (bicyclic) bond motifs is 1. The quantitative estimate of drug-likeness (QED) is 0.363. The summed E-state index contributed by atoms with van der Waals surface area (Å²) in [6.45, 7) is 8.24. The molecule has 2 N–H and O–H groups in total. The normalized spacial score (nSPS) is 20.7. The number of amides is 2. The second-order valence-electron chi connectivity index (χ2n) is 11.9. The van der Waals surface area contributed by atoms with Gasteiger partial charge < -0.3 is 24.8 Å². The number of hydrogen-bond acceptors (Lipinski definition) is 7. The Morgan fingerprint density at radius 1 is 1.11 bits per heavy atom. The highest BCUT2D eigenvalue weighted by atomic mass is 16.5. The van der Waals surface area contributed by atoms with Crippen molar-refractivity contribution in [3.8, 4) is 5.75 Å². The van der Waals surface area contributed by atoms with Crippen LogP contribution in [0.15, 0.2) is 73.1 Å². The van der Waals surface area contributed by atoms with Gasteiger partial charge in [0.05, 0.1) is 30.4 Å². The van der Waals surface area contributed by atoms with Gasteiger partial charge in [-0.15, -0.1) is 0 Å². The van der Waals surface area contributed by atoms with Crippen LogP contribution in [-0.4, -0.2) is 83.3 Å². The zero-order valence-corrected chi connectivity index (χ0v) is 26.3. The maximum absolute atomic E-state index is 14.3. The first-order valence-corrected chi connectivity index (χ1v) is 15.5. The minimum absolute atomic E-state index is 0.0213. The maximum Gasteiger partial charge on any atom is 0.258 e. The number of hydrogen-bond donors (Lipinski definition) is 2. The summed E-state index contributed by atoms with van der Waals surface area (Å²) >= 11 is 0. The minimum Gasteiger partial charge on any atom is -0.490 e. The van der Waals surface area contributed by atoms with Gasteiger partial charge in [-0.2, -0.15) is 0 Å². The lowest BCUT2D eigenvalue weighted by molar-refractivity contribution is -0.0177. The Balaban J connectivity index is 1.61. The summed E-state index contributed by atoms with van der Waals surface area (Å²) in [4.78, 5) is 35.1. The molecule has 0 saturated carbocycles. The Labute approximate surface area is 261 Å². The van der Waals surface area contributed by atoms with Crippen LogP contribution >= 0.6 is 0 Å². The lowest BCUT2D eigenvalue weighted by Crippen LogP contribution is -2.47. The number of carbonyl (C=O) groups excluding carboxylic acids is 2. The van der Waals surface area contributed by atoms with Crippen molar-refractivity contribution < 1.29 is 24.2 Å². The molecule has 1 aliphatic rings. The number of nitrogens with zero attached hydrogens (tertiary/aromatic N) is 3. The number of ether oxygens (including phenoxy) is 2. The minimum atomic E-state index is -0.444. The van der Waals surface area contributed by atoms with Crippen LogP contribution < -0.4 is 10.1 Å². The number of carbonyl (C=O) groups is 2. The molecule has 4 atom stereocenters. The second kappa shape index (κ2) is 16.3. The molecule has 0 unspecified atom stereocenters. The first-order valence-electron chi connectivity index (χ1n) is 15.5. The molecule has 0 aliphatic carbocycles. The third-order valence-electron chi connectivity index (χ3n) is 8.04. The fourth-order valence-electron chi connectivity index (χ4n) is 5.44. The van der Waals surface area contributed by atoms with E-state index in [4.69, 9.17) is 9.47 Å². The SMILES string of the molecule is C[C@H]1CCCCO[C@@H](CN(C)Cc2ccccc2)[C@@H](C)CN([C@@H](C)CO)C(=O)c2cc(NC(=O)c3ccncc3)ccc2O1. The number of benzene rings is 2. The van der Waals surface area contributed by atoms with E-state index >= 15 is 0 Å². The average Bonchev–Trinajstić information content (AvgIpc) is 3.03. The van der Waals surface area contributed by atoms with Gasteiger partial charge >= 0.3 is 0 Å². The van der Waals surface area contributed by atoms with E-state index in [-0.39, 0.29) is 36.5 Å². The predicted molar refractivity (Wildman–Crippen MR) is 172 cm³/mol. The maximum atomic E-state index is 14.3. The first-order chi connectivity index (χ1) is 21.2. The van der Waals surface area contributed by atoms with Crippen LogP contribution in [0.5, 0.6) is 5.75 Å². The molecular formula is C35H46N4O5. The number of likely N-dealkylation sites (N-methyl/N-ethyl adjacent to an activating group) is 1. The van der Waals surface area contributed by atoms with Crippen LogP contribution in [0.4, 0.5) is 5.69 Å². The highest BCUT2D eigenvalue weighted by molar-refractivity contribution is 6.05. The molecule has 0 bridgehead atoms. The van der Waals surface area contributed by atoms with Crippen molar-refractivity contribution in [3.63, 3.8) is 0 Å². The fraction of sp³-hybridized carbons (Fsp3) is 0.457. The molecule has 0 spiro atoms. The van der Waals surface area contributed by atoms with E-state index in [0.29, 0.717) is 42.3 Å². The predicted octanol–water partition coefficient (Wildman–Crippen LogP) is 5.26. The molecule has 2 aromatic carbocycles. The van der Waals surface area contributed by atoms with Crippen LogP contribution in [0.2, 0.25) is 0 Å². The molecular weight excluding hydrogens is 556 g/mol. The van der Waals surface area contributed by atoms with Gasteiger partial charge in [-0.25, -0.2) is 0 Å². The molecule has 2 heterocycles. The number of pyridine rings is 1. The van der Waals surface area contributed by atoms with Crippen LogP contribution in [0.1, 0.15) is 66.3 Å². The topological polar surface area (TPSA) is 104 Å². The highest BCUT2D eigenvalue weighted by Crippen LogP contribution is 2.29. The number of nitrogens with one attached hydrogen (secondary N) is 1. The van der Waals surface area contributed by atoms with Gasteiger partial charge in [0.2, 0.25) is 0 Å². The molecule has 2 amide bonds. The summed E-state index contributed by atoms with van der Waals surface area (Å²) in [5.74, 6) is -0.135. The summed E-state index contributed by atoms with van der Waals surface area (Å²) in [5, 5.41) is 13.1. The molecule has 4 rings (SSSR count). The molecule has 0 saturated heterocycles. The summed E-state index contributed by atoms with van der Waals surface area (Å²) in [5.41, 5.74) is 2.51. The monoisotopic (exact) mass is 602 g/mol. The Morgan fingerprint density at radius 2 is 1.86 bits per heavy atom. The third kappa shape index (κ3) is 9.35. The molecule has 236 valence electrons. The van der Waals surface area contributed by atoms with Crippen LogP contribution in [-0.2, 0) is 11.3 Å². The standard InChI is InChI=1S/C35H46N4O5/c1-25-21-39(26(2)24-40)35(42)31-20-30(37-34(41)29-15-17-36-18-16-29)13-14-32(31)44-27(3)10-8-9-19-43-33(25)23-38(4)22-28-11-6-5-7-12-28/h5-7,11-18,20,25-27,33,40H,8-10,19,21-24H2,1-4H3,(H,37,41)/t25-,26-,27-,33-/m0/s1. The third-order valence-corrected chi connectivity index (χ3v) is 8.04. The zero-order valence-electron chi connectivity index (χ0n) is 26.3. The number of rotatable bonds is 8. The van der Waals surface area contributed by atoms with Crippen LogP contribution in [0, 0.1) is 5.92 Å². The van der Waals surface area contributed by atoms with Gasteiger partial charge in [-0.1, -0.05) is 37.3 Å². The molecule has 0 radical (unpaired) electrons. The van der Waals surface area contributed by atoms with E-state index < -0.39 is 6.04 Å². The van der Waals surface area contributed by atoms with Gasteiger partial charge in [-0.05, 0) is 76.1 Å². The fourth-order valence-corrected chi connectivity index (χ4v) is 5.44. The summed E-state index contributed by atoms with van der Waals surface area (Å²) in [6.07, 6.45) is 5.51. The van der Waals surface area contributed by atoms with Crippen molar-refractivity contribution in [2.45, 2.75) is 64.8 Å². The molecule has 0 fully saturated rings. The lowest BCUT2D eigenvalue weighted by atomic mass is 10.0. The molecule has 3 aromatic rings. The largest absolute Gasteiger partial charge is 0.490 e. The Hall–Kier alpha value is -3.79. The Bertz CT molecular complexity index is 1340. The summed E-state index contributed by atoms with van der Waals surface area (Å²) in [7, 11) is 2.09. The van der Waals surface area contributed by atoms with Crippen LogP contribution in [0.3, 0.4) is 0 Å². The van der Waals surface area contributed by atoms with E-state index in [1.54, 1.807) is 47.6 Å². The van der Waals surface area contributed by atoms with Gasteiger partial charge in [0, 0.05) is 55.8 Å². The van der Waals surface area contributed by atoms with E-state index in [0.717, 1.165) is 25.8 Å². The van der Waals surface area contributed by atoms with E-state index in [1.807, 2.05) is 32.0 Å². The van der Waals surface area contributed by atoms with Crippen molar-refractivity contribution in [2.75, 3.05) is 38.7 Å². The average molecular weight is 603 g/mol. The van der Waals surface area contributed by atoms with Crippen molar-refractivity contribution in [1.82, 2.24) is 14.8 Å². The number of aliphatic hydroxyl groups excluding tert-OH is 1. The Morgan fingerprint density at radius 3 is 2.59 bits per heavy atom. The number of aromatic nitrogens is 1. The Kier molecular flexibility index (Phi) is 12.3. The van der Waals surface area contributed by atoms with Gasteiger partial charge in [-0.3, -0.25) is 19.5 Å². The number of aliphatic hydroxyl groups is 1. The summed E-state index contributed by atoms with van der Waals surface area (Å²) in [6, 6.07) is 18.3. The molecule has 9 heteroatoms. The van der Waals surface area contributed by atoms with Crippen molar-refractivity contribution in [3.05, 3.63) is 89.7 Å². The zero-order chi connectivity index (χ0) is 31.5. The number of anilines is 1. The second-order valence-corrected chi connectivity index (χ2v) is 11.9. The first kappa shape index (κ1) is 33.1. The van der Waals surface area contributed by atoms with Gasteiger partial charge in [0.1, 0.15) is 5.75 Å². The van der Waals surface area contributed by atoms with Gasteiger partial charge in [0.15, 0.2) is 0 Å². The highest BCUT2D eigenvalue weighted by Gasteiger charge is 2.30. The van der Waals surface area contributed by atoms with Crippen molar-refractivity contribution in [2.24, 2.45) is 5.92 Å². The molecule has 1 aliphatic heterocycles. The van der Waals surface area contributed by atoms with Crippen molar-refractivity contribution in [1.29, 1.82) is 0 Å².